The fourth-order valence-corrected chi connectivity index (χ4v) is 2.24. The van der Waals surface area contributed by atoms with Crippen molar-refractivity contribution >= 4 is 22.5 Å². The monoisotopic (exact) mass is 310 g/mol. The summed E-state index contributed by atoms with van der Waals surface area (Å²) in [6.45, 7) is 3.43. The van der Waals surface area contributed by atoms with E-state index in [9.17, 15) is 4.79 Å². The Morgan fingerprint density at radius 1 is 1.17 bits per heavy atom. The zero-order chi connectivity index (χ0) is 16.4. The third kappa shape index (κ3) is 3.31. The highest BCUT2D eigenvalue weighted by molar-refractivity contribution is 5.96. The van der Waals surface area contributed by atoms with E-state index >= 15 is 0 Å². The van der Waals surface area contributed by atoms with E-state index in [1.807, 2.05) is 42.5 Å². The Labute approximate surface area is 134 Å². The van der Waals surface area contributed by atoms with Gasteiger partial charge in [0.1, 0.15) is 5.75 Å². The summed E-state index contributed by atoms with van der Waals surface area (Å²) >= 11 is 0. The van der Waals surface area contributed by atoms with Crippen molar-refractivity contribution in [1.29, 1.82) is 0 Å². The maximum Gasteiger partial charge on any atom is 0.269 e. The van der Waals surface area contributed by atoms with Crippen molar-refractivity contribution in [3.05, 3.63) is 48.7 Å². The first-order valence-electron chi connectivity index (χ1n) is 7.30. The molecule has 0 saturated carbocycles. The minimum absolute atomic E-state index is 0.286. The van der Waals surface area contributed by atoms with Gasteiger partial charge in [-0.1, -0.05) is 35.5 Å². The molecule has 1 N–H and O–H groups in total. The highest BCUT2D eigenvalue weighted by atomic mass is 16.5. The van der Waals surface area contributed by atoms with Crippen LogP contribution in [0.4, 0.5) is 5.82 Å². The minimum Gasteiger partial charge on any atom is -0.478 e. The molecule has 0 unspecified atom stereocenters. The van der Waals surface area contributed by atoms with Gasteiger partial charge in [-0.25, -0.2) is 0 Å². The standard InChI is InChI=1S/C17H18N4O2/c1-17(2,16(22)18-15-11-21(3)20-19-15)23-14-9-8-12-6-4-5-7-13(12)10-14/h4-11H,1-3H3,(H,18,22). The molecule has 6 nitrogen and oxygen atoms in total. The molecule has 1 heterocycles. The summed E-state index contributed by atoms with van der Waals surface area (Å²) in [6, 6.07) is 13.8. The number of fused-ring (bicyclic) bond motifs is 1. The first kappa shape index (κ1) is 15.0. The van der Waals surface area contributed by atoms with Crippen molar-refractivity contribution in [2.24, 2.45) is 7.05 Å². The second-order valence-corrected chi connectivity index (χ2v) is 5.85. The number of aromatic nitrogens is 3. The molecule has 0 spiro atoms. The topological polar surface area (TPSA) is 69.0 Å². The summed E-state index contributed by atoms with van der Waals surface area (Å²) in [5.41, 5.74) is -1.04. The van der Waals surface area contributed by atoms with Crippen LogP contribution in [-0.4, -0.2) is 26.5 Å². The Bertz CT molecular complexity index is 854. The largest absolute Gasteiger partial charge is 0.478 e. The van der Waals surface area contributed by atoms with Crippen LogP contribution in [0.15, 0.2) is 48.7 Å². The number of carbonyl (C=O) groups is 1. The number of anilines is 1. The average molecular weight is 310 g/mol. The molecule has 1 aromatic heterocycles. The summed E-state index contributed by atoms with van der Waals surface area (Å²) in [7, 11) is 1.74. The molecule has 118 valence electrons. The van der Waals surface area contributed by atoms with Gasteiger partial charge in [-0.3, -0.25) is 9.48 Å². The number of ether oxygens (including phenoxy) is 1. The van der Waals surface area contributed by atoms with Gasteiger partial charge in [-0.05, 0) is 36.8 Å². The SMILES string of the molecule is Cn1cc(NC(=O)C(C)(C)Oc2ccc3ccccc3c2)nn1. The van der Waals surface area contributed by atoms with E-state index in [1.165, 1.54) is 4.68 Å². The number of aryl methyl sites for hydroxylation is 1. The maximum atomic E-state index is 12.4. The molecule has 0 saturated heterocycles. The Kier molecular flexibility index (Phi) is 3.73. The third-order valence-electron chi connectivity index (χ3n) is 3.49. The Morgan fingerprint density at radius 2 is 1.91 bits per heavy atom. The molecule has 1 amide bonds. The first-order valence-corrected chi connectivity index (χ1v) is 7.30. The molecule has 0 radical (unpaired) electrons. The number of nitrogens with one attached hydrogen (secondary N) is 1. The van der Waals surface area contributed by atoms with Crippen LogP contribution >= 0.6 is 0 Å². The van der Waals surface area contributed by atoms with Crippen LogP contribution in [0.3, 0.4) is 0 Å². The van der Waals surface area contributed by atoms with Crippen molar-refractivity contribution in [3.63, 3.8) is 0 Å². The van der Waals surface area contributed by atoms with E-state index in [1.54, 1.807) is 27.1 Å². The minimum atomic E-state index is -1.04. The van der Waals surface area contributed by atoms with Gasteiger partial charge in [-0.2, -0.15) is 0 Å². The van der Waals surface area contributed by atoms with Gasteiger partial charge in [-0.15, -0.1) is 5.10 Å². The zero-order valence-electron chi connectivity index (χ0n) is 13.3. The van der Waals surface area contributed by atoms with Crippen LogP contribution in [-0.2, 0) is 11.8 Å². The molecule has 2 aromatic carbocycles. The summed E-state index contributed by atoms with van der Waals surface area (Å²) in [4.78, 5) is 12.4. The van der Waals surface area contributed by atoms with Gasteiger partial charge in [0.15, 0.2) is 11.4 Å². The molecule has 6 heteroatoms. The number of hydrogen-bond acceptors (Lipinski definition) is 4. The summed E-state index contributed by atoms with van der Waals surface area (Å²) in [5, 5.41) is 12.5. The predicted molar refractivity (Wildman–Crippen MR) is 88.3 cm³/mol. The van der Waals surface area contributed by atoms with Gasteiger partial charge in [0.25, 0.3) is 5.91 Å². The quantitative estimate of drug-likeness (QED) is 0.804. The van der Waals surface area contributed by atoms with E-state index < -0.39 is 5.60 Å². The number of carbonyl (C=O) groups excluding carboxylic acids is 1. The molecule has 0 atom stereocenters. The summed E-state index contributed by atoms with van der Waals surface area (Å²) in [5.74, 6) is 0.752. The maximum absolute atomic E-state index is 12.4. The lowest BCUT2D eigenvalue weighted by atomic mass is 10.1. The van der Waals surface area contributed by atoms with E-state index in [-0.39, 0.29) is 5.91 Å². The van der Waals surface area contributed by atoms with Gasteiger partial charge >= 0.3 is 0 Å². The van der Waals surface area contributed by atoms with Crippen LogP contribution in [0.1, 0.15) is 13.8 Å². The Morgan fingerprint density at radius 3 is 2.61 bits per heavy atom. The smallest absolute Gasteiger partial charge is 0.269 e. The van der Waals surface area contributed by atoms with Crippen LogP contribution in [0.2, 0.25) is 0 Å². The lowest BCUT2D eigenvalue weighted by Crippen LogP contribution is -2.42. The first-order chi connectivity index (χ1) is 10.9. The molecule has 3 aromatic rings. The average Bonchev–Trinajstić information content (AvgIpc) is 2.92. The van der Waals surface area contributed by atoms with E-state index in [4.69, 9.17) is 4.74 Å². The van der Waals surface area contributed by atoms with Crippen molar-refractivity contribution in [3.8, 4) is 5.75 Å². The highest BCUT2D eigenvalue weighted by Crippen LogP contribution is 2.24. The number of nitrogens with zero attached hydrogens (tertiary/aromatic N) is 3. The fourth-order valence-electron chi connectivity index (χ4n) is 2.24. The molecule has 0 aliphatic heterocycles. The van der Waals surface area contributed by atoms with Gasteiger partial charge in [0.05, 0.1) is 6.20 Å². The Balaban J connectivity index is 1.76. The number of amides is 1. The fraction of sp³-hybridized carbons (Fsp3) is 0.235. The predicted octanol–water partition coefficient (Wildman–Crippen LogP) is 2.76. The number of hydrogen-bond donors (Lipinski definition) is 1. The summed E-state index contributed by atoms with van der Waals surface area (Å²) in [6.07, 6.45) is 1.63. The lowest BCUT2D eigenvalue weighted by Gasteiger charge is -2.25. The molecular weight excluding hydrogens is 292 g/mol. The Hall–Kier alpha value is -2.89. The number of rotatable bonds is 4. The van der Waals surface area contributed by atoms with E-state index in [2.05, 4.69) is 15.6 Å². The van der Waals surface area contributed by atoms with Gasteiger partial charge in [0, 0.05) is 7.05 Å². The van der Waals surface area contributed by atoms with Gasteiger partial charge < -0.3 is 10.1 Å². The zero-order valence-corrected chi connectivity index (χ0v) is 13.3. The van der Waals surface area contributed by atoms with Crippen LogP contribution in [0, 0.1) is 0 Å². The van der Waals surface area contributed by atoms with Crippen molar-refractivity contribution in [2.75, 3.05) is 5.32 Å². The molecule has 3 rings (SSSR count). The normalized spacial score (nSPS) is 11.4. The third-order valence-corrected chi connectivity index (χ3v) is 3.49. The van der Waals surface area contributed by atoms with Crippen molar-refractivity contribution < 1.29 is 9.53 Å². The van der Waals surface area contributed by atoms with Crippen molar-refractivity contribution in [2.45, 2.75) is 19.4 Å². The molecule has 0 bridgehead atoms. The molecule has 0 fully saturated rings. The summed E-state index contributed by atoms with van der Waals surface area (Å²) < 4.78 is 7.40. The van der Waals surface area contributed by atoms with Crippen LogP contribution < -0.4 is 10.1 Å². The number of benzene rings is 2. The second-order valence-electron chi connectivity index (χ2n) is 5.85. The second kappa shape index (κ2) is 5.72. The molecular formula is C17H18N4O2. The van der Waals surface area contributed by atoms with E-state index in [0.717, 1.165) is 10.8 Å². The highest BCUT2D eigenvalue weighted by Gasteiger charge is 2.30. The molecule has 0 aliphatic rings. The van der Waals surface area contributed by atoms with Crippen LogP contribution in [0.25, 0.3) is 10.8 Å². The van der Waals surface area contributed by atoms with Gasteiger partial charge in [0.2, 0.25) is 0 Å². The van der Waals surface area contributed by atoms with E-state index in [0.29, 0.717) is 11.6 Å². The molecule has 0 aliphatic carbocycles. The molecule has 23 heavy (non-hydrogen) atoms. The van der Waals surface area contributed by atoms with Crippen LogP contribution in [0.5, 0.6) is 5.75 Å². The lowest BCUT2D eigenvalue weighted by molar-refractivity contribution is -0.128. The van der Waals surface area contributed by atoms with Crippen molar-refractivity contribution in [1.82, 2.24) is 15.0 Å².